The van der Waals surface area contributed by atoms with Gasteiger partial charge in [-0.1, -0.05) is 49.7 Å². The molecular weight excluding hydrogens is 368 g/mol. The van der Waals surface area contributed by atoms with Crippen molar-refractivity contribution in [2.24, 2.45) is 5.92 Å². The first-order valence-corrected chi connectivity index (χ1v) is 9.96. The number of nitrogens with one attached hydrogen (secondary N) is 2. The molecule has 0 saturated carbocycles. The molecule has 0 spiro atoms. The number of hydrogen-bond donors (Lipinski definition) is 2. The van der Waals surface area contributed by atoms with Crippen molar-refractivity contribution in [2.75, 3.05) is 11.1 Å². The van der Waals surface area contributed by atoms with E-state index in [0.717, 1.165) is 22.6 Å². The van der Waals surface area contributed by atoms with E-state index in [0.29, 0.717) is 17.3 Å². The number of amides is 2. The molecule has 2 rings (SSSR count). The molecule has 0 unspecified atom stereocenters. The van der Waals surface area contributed by atoms with Crippen LogP contribution in [-0.4, -0.2) is 17.6 Å². The van der Waals surface area contributed by atoms with E-state index in [4.69, 9.17) is 11.6 Å². The fraction of sp³-hybridized carbons (Fsp3) is 0.300. The molecule has 0 aromatic heterocycles. The van der Waals surface area contributed by atoms with Gasteiger partial charge < -0.3 is 10.6 Å². The first-order chi connectivity index (χ1) is 12.4. The molecule has 4 nitrogen and oxygen atoms in total. The minimum absolute atomic E-state index is 0.00536. The molecule has 2 aromatic rings. The Morgan fingerprint density at radius 3 is 2.46 bits per heavy atom. The maximum absolute atomic E-state index is 11.9. The van der Waals surface area contributed by atoms with Gasteiger partial charge in [-0.15, -0.1) is 11.8 Å². The van der Waals surface area contributed by atoms with Crippen LogP contribution in [0.4, 0.5) is 5.69 Å². The van der Waals surface area contributed by atoms with Gasteiger partial charge >= 0.3 is 0 Å². The molecule has 6 heteroatoms. The van der Waals surface area contributed by atoms with E-state index in [1.807, 2.05) is 62.4 Å². The third-order valence-corrected chi connectivity index (χ3v) is 4.87. The van der Waals surface area contributed by atoms with Gasteiger partial charge in [-0.3, -0.25) is 9.59 Å². The second-order valence-electron chi connectivity index (χ2n) is 6.24. The van der Waals surface area contributed by atoms with Crippen LogP contribution in [0.25, 0.3) is 0 Å². The summed E-state index contributed by atoms with van der Waals surface area (Å²) >= 11 is 7.50. The number of hydrogen-bond acceptors (Lipinski definition) is 3. The van der Waals surface area contributed by atoms with Crippen LogP contribution in [0.5, 0.6) is 0 Å². The molecule has 0 saturated heterocycles. The minimum Gasteiger partial charge on any atom is -0.351 e. The molecule has 2 amide bonds. The highest BCUT2D eigenvalue weighted by Gasteiger charge is 2.07. The Labute approximate surface area is 163 Å². The number of benzene rings is 2. The second kappa shape index (κ2) is 10.2. The van der Waals surface area contributed by atoms with Crippen LogP contribution in [0.2, 0.25) is 5.02 Å². The molecule has 0 aliphatic carbocycles. The van der Waals surface area contributed by atoms with E-state index in [2.05, 4.69) is 10.6 Å². The van der Waals surface area contributed by atoms with Crippen molar-refractivity contribution in [1.29, 1.82) is 0 Å². The molecule has 0 fully saturated rings. The van der Waals surface area contributed by atoms with Crippen LogP contribution in [0, 0.1) is 5.92 Å². The topological polar surface area (TPSA) is 58.2 Å². The van der Waals surface area contributed by atoms with Crippen molar-refractivity contribution in [3.8, 4) is 0 Å². The maximum atomic E-state index is 11.9. The second-order valence-corrected chi connectivity index (χ2v) is 7.66. The van der Waals surface area contributed by atoms with Crippen molar-refractivity contribution in [3.63, 3.8) is 0 Å². The zero-order valence-electron chi connectivity index (χ0n) is 14.9. The summed E-state index contributed by atoms with van der Waals surface area (Å²) in [6, 6.07) is 15.1. The Kier molecular flexibility index (Phi) is 8.01. The molecule has 0 heterocycles. The number of anilines is 1. The number of rotatable bonds is 8. The predicted molar refractivity (Wildman–Crippen MR) is 109 cm³/mol. The summed E-state index contributed by atoms with van der Waals surface area (Å²) in [7, 11) is 0. The van der Waals surface area contributed by atoms with Crippen LogP contribution < -0.4 is 10.6 Å². The van der Waals surface area contributed by atoms with E-state index in [9.17, 15) is 9.59 Å². The van der Waals surface area contributed by atoms with Crippen molar-refractivity contribution in [3.05, 3.63) is 64.7 Å². The summed E-state index contributed by atoms with van der Waals surface area (Å²) in [5.74, 6) is 1.07. The molecule has 0 bridgehead atoms. The highest BCUT2D eigenvalue weighted by molar-refractivity contribution is 7.99. The highest BCUT2D eigenvalue weighted by Crippen LogP contribution is 2.16. The van der Waals surface area contributed by atoms with Gasteiger partial charge in [-0.25, -0.2) is 0 Å². The molecule has 26 heavy (non-hydrogen) atoms. The summed E-state index contributed by atoms with van der Waals surface area (Å²) in [5.41, 5.74) is 2.85. The molecule has 2 N–H and O–H groups in total. The van der Waals surface area contributed by atoms with Gasteiger partial charge in [-0.2, -0.15) is 0 Å². The third kappa shape index (κ3) is 7.10. The quantitative estimate of drug-likeness (QED) is 0.698. The zero-order chi connectivity index (χ0) is 18.9. The molecule has 0 aliphatic heterocycles. The standard InChI is InChI=1S/C20H23ClN2O2S/c1-14(2)20(25)23-18-8-6-15(7-9-18)11-22-19(24)13-26-12-16-4-3-5-17(21)10-16/h3-10,14H,11-13H2,1-2H3,(H,22,24)(H,23,25). The van der Waals surface area contributed by atoms with Gasteiger partial charge in [0, 0.05) is 28.9 Å². The smallest absolute Gasteiger partial charge is 0.230 e. The Balaban J connectivity index is 1.70. The summed E-state index contributed by atoms with van der Waals surface area (Å²) in [6.07, 6.45) is 0. The molecule has 138 valence electrons. The van der Waals surface area contributed by atoms with Crippen LogP contribution in [-0.2, 0) is 21.9 Å². The van der Waals surface area contributed by atoms with E-state index in [1.165, 1.54) is 0 Å². The fourth-order valence-corrected chi connectivity index (χ4v) is 3.15. The lowest BCUT2D eigenvalue weighted by molar-refractivity contribution is -0.119. The monoisotopic (exact) mass is 390 g/mol. The fourth-order valence-electron chi connectivity index (χ4n) is 2.13. The van der Waals surface area contributed by atoms with E-state index >= 15 is 0 Å². The van der Waals surface area contributed by atoms with Gasteiger partial charge in [0.05, 0.1) is 5.75 Å². The number of carbonyl (C=O) groups excluding carboxylic acids is 2. The SMILES string of the molecule is CC(C)C(=O)Nc1ccc(CNC(=O)CSCc2cccc(Cl)c2)cc1. The van der Waals surface area contributed by atoms with E-state index in [1.54, 1.807) is 11.8 Å². The maximum Gasteiger partial charge on any atom is 0.230 e. The number of halogens is 1. The zero-order valence-corrected chi connectivity index (χ0v) is 16.5. The Morgan fingerprint density at radius 1 is 1.08 bits per heavy atom. The lowest BCUT2D eigenvalue weighted by Gasteiger charge is -2.09. The minimum atomic E-state index is -0.0571. The molecule has 2 aromatic carbocycles. The first-order valence-electron chi connectivity index (χ1n) is 8.42. The third-order valence-electron chi connectivity index (χ3n) is 3.63. The summed E-state index contributed by atoms with van der Waals surface area (Å²) < 4.78 is 0. The van der Waals surface area contributed by atoms with Gasteiger partial charge in [0.1, 0.15) is 0 Å². The van der Waals surface area contributed by atoms with Crippen molar-refractivity contribution >= 4 is 40.9 Å². The Morgan fingerprint density at radius 2 is 1.81 bits per heavy atom. The number of thioether (sulfide) groups is 1. The molecule has 0 aliphatic rings. The highest BCUT2D eigenvalue weighted by atomic mass is 35.5. The molecule has 0 atom stereocenters. The lowest BCUT2D eigenvalue weighted by atomic mass is 10.1. The summed E-state index contributed by atoms with van der Waals surface area (Å²) in [6.45, 7) is 4.17. The summed E-state index contributed by atoms with van der Waals surface area (Å²) in [5, 5.41) is 6.45. The lowest BCUT2D eigenvalue weighted by Crippen LogP contribution is -2.24. The van der Waals surface area contributed by atoms with Crippen LogP contribution in [0.15, 0.2) is 48.5 Å². The Bertz CT molecular complexity index is 748. The first kappa shape index (κ1) is 20.3. The van der Waals surface area contributed by atoms with Crippen molar-refractivity contribution in [1.82, 2.24) is 5.32 Å². The van der Waals surface area contributed by atoms with Gasteiger partial charge in [0.15, 0.2) is 0 Å². The van der Waals surface area contributed by atoms with Crippen molar-refractivity contribution in [2.45, 2.75) is 26.1 Å². The molecule has 0 radical (unpaired) electrons. The van der Waals surface area contributed by atoms with Gasteiger partial charge in [0.2, 0.25) is 11.8 Å². The average molecular weight is 391 g/mol. The Hall–Kier alpha value is -1.98. The number of carbonyl (C=O) groups is 2. The van der Waals surface area contributed by atoms with Crippen molar-refractivity contribution < 1.29 is 9.59 Å². The van der Waals surface area contributed by atoms with Gasteiger partial charge in [-0.05, 0) is 35.4 Å². The van der Waals surface area contributed by atoms with Crippen LogP contribution >= 0.6 is 23.4 Å². The largest absolute Gasteiger partial charge is 0.351 e. The molecular formula is C20H23ClN2O2S. The van der Waals surface area contributed by atoms with E-state index < -0.39 is 0 Å². The average Bonchev–Trinajstić information content (AvgIpc) is 2.61. The summed E-state index contributed by atoms with van der Waals surface area (Å²) in [4.78, 5) is 23.6. The predicted octanol–water partition coefficient (Wildman–Crippen LogP) is 4.48. The normalized spacial score (nSPS) is 10.6. The van der Waals surface area contributed by atoms with Crippen LogP contribution in [0.1, 0.15) is 25.0 Å². The van der Waals surface area contributed by atoms with Crippen LogP contribution in [0.3, 0.4) is 0 Å². The van der Waals surface area contributed by atoms with E-state index in [-0.39, 0.29) is 17.7 Å². The van der Waals surface area contributed by atoms with Gasteiger partial charge in [0.25, 0.3) is 0 Å².